The van der Waals surface area contributed by atoms with Gasteiger partial charge in [0, 0.05) is 20.3 Å². The summed E-state index contributed by atoms with van der Waals surface area (Å²) in [6.45, 7) is 1.86. The van der Waals surface area contributed by atoms with Crippen LogP contribution in [0.25, 0.3) is 0 Å². The van der Waals surface area contributed by atoms with Gasteiger partial charge in [-0.25, -0.2) is 4.79 Å². The van der Waals surface area contributed by atoms with Crippen LogP contribution < -0.4 is 15.4 Å². The van der Waals surface area contributed by atoms with E-state index in [2.05, 4.69) is 0 Å². The average Bonchev–Trinajstić information content (AvgIpc) is 2.48. The number of nitrogens with zero attached hydrogens (tertiary/aromatic N) is 2. The van der Waals surface area contributed by atoms with Crippen LogP contribution in [0.5, 0.6) is 5.75 Å². The molecule has 0 bridgehead atoms. The van der Waals surface area contributed by atoms with Crippen molar-refractivity contribution < 1.29 is 12.6 Å². The minimum absolute atomic E-state index is 0.168. The fraction of sp³-hybridized carbons (Fsp3) is 0.286. The first-order valence-electron chi connectivity index (χ1n) is 6.57. The normalized spacial score (nSPS) is 11.4. The van der Waals surface area contributed by atoms with E-state index >= 15 is 0 Å². The Bertz CT molecular complexity index is 925. The third-order valence-electron chi connectivity index (χ3n) is 3.24. The summed E-state index contributed by atoms with van der Waals surface area (Å²) in [4.78, 5) is 23.1. The van der Waals surface area contributed by atoms with Crippen LogP contribution in [0.3, 0.4) is 0 Å². The smallest absolute Gasteiger partial charge is 0.346 e. The summed E-state index contributed by atoms with van der Waals surface area (Å²) in [6, 6.07) is 6.67. The Hall–Kier alpha value is -2.35. The van der Waals surface area contributed by atoms with Crippen LogP contribution in [0.4, 0.5) is 0 Å². The first-order valence-corrected chi connectivity index (χ1v) is 7.97. The van der Waals surface area contributed by atoms with Crippen molar-refractivity contribution in [2.45, 2.75) is 18.2 Å². The van der Waals surface area contributed by atoms with Crippen LogP contribution in [0.2, 0.25) is 0 Å². The van der Waals surface area contributed by atoms with E-state index in [9.17, 15) is 18.0 Å². The molecule has 2 aromatic rings. The van der Waals surface area contributed by atoms with Crippen LogP contribution in [-0.2, 0) is 30.6 Å². The standard InChI is InChI=1S/C14H16N2O5S/c1-4-10-7-5-6-8-11(10)21-22(19,20)12-9-15(2)14(18)16(3)13(12)17/h5-9H,4H2,1-3H3. The number of hydrogen-bond acceptors (Lipinski definition) is 5. The second kappa shape index (κ2) is 5.80. The Kier molecular flexibility index (Phi) is 4.23. The summed E-state index contributed by atoms with van der Waals surface area (Å²) in [5.74, 6) is 0.168. The van der Waals surface area contributed by atoms with Gasteiger partial charge in [-0.15, -0.1) is 0 Å². The highest BCUT2D eigenvalue weighted by Gasteiger charge is 2.24. The molecule has 0 spiro atoms. The topological polar surface area (TPSA) is 87.4 Å². The maximum absolute atomic E-state index is 12.4. The second-order valence-corrected chi connectivity index (χ2v) is 6.26. The molecule has 2 rings (SSSR count). The predicted octanol–water partition coefficient (Wildman–Crippen LogP) is 0.414. The van der Waals surface area contributed by atoms with E-state index in [-0.39, 0.29) is 5.75 Å². The molecule has 0 saturated heterocycles. The molecule has 1 aromatic heterocycles. The third-order valence-corrected chi connectivity index (χ3v) is 4.45. The van der Waals surface area contributed by atoms with Gasteiger partial charge < -0.3 is 8.75 Å². The number of aryl methyl sites for hydroxylation is 2. The van der Waals surface area contributed by atoms with E-state index in [0.717, 1.165) is 15.3 Å². The van der Waals surface area contributed by atoms with Crippen molar-refractivity contribution in [3.63, 3.8) is 0 Å². The molecule has 8 heteroatoms. The molecule has 0 atom stereocenters. The minimum atomic E-state index is -4.33. The minimum Gasteiger partial charge on any atom is -0.378 e. The van der Waals surface area contributed by atoms with Crippen LogP contribution >= 0.6 is 0 Å². The first-order chi connectivity index (χ1) is 10.3. The number of para-hydroxylation sites is 1. The molecule has 0 aliphatic heterocycles. The lowest BCUT2D eigenvalue weighted by molar-refractivity contribution is 0.477. The van der Waals surface area contributed by atoms with Gasteiger partial charge in [0.2, 0.25) is 0 Å². The summed E-state index contributed by atoms with van der Waals surface area (Å²) in [5, 5.41) is 0. The Labute approximate surface area is 127 Å². The van der Waals surface area contributed by atoms with Crippen molar-refractivity contribution in [2.75, 3.05) is 0 Å². The molecular formula is C14H16N2O5S. The molecule has 0 aliphatic carbocycles. The Morgan fingerprint density at radius 2 is 1.77 bits per heavy atom. The lowest BCUT2D eigenvalue weighted by atomic mass is 10.1. The Morgan fingerprint density at radius 3 is 2.41 bits per heavy atom. The molecule has 1 heterocycles. The van der Waals surface area contributed by atoms with Crippen molar-refractivity contribution in [1.82, 2.24) is 9.13 Å². The van der Waals surface area contributed by atoms with Crippen LogP contribution in [0.1, 0.15) is 12.5 Å². The zero-order chi connectivity index (χ0) is 16.5. The van der Waals surface area contributed by atoms with Crippen molar-refractivity contribution in [1.29, 1.82) is 0 Å². The molecule has 0 radical (unpaired) electrons. The van der Waals surface area contributed by atoms with E-state index < -0.39 is 26.3 Å². The fourth-order valence-corrected chi connectivity index (χ4v) is 3.11. The molecule has 0 fully saturated rings. The maximum atomic E-state index is 12.4. The zero-order valence-corrected chi connectivity index (χ0v) is 13.3. The first kappa shape index (κ1) is 16.0. The largest absolute Gasteiger partial charge is 0.378 e. The molecule has 0 N–H and O–H groups in total. The van der Waals surface area contributed by atoms with Crippen LogP contribution in [0, 0.1) is 0 Å². The van der Waals surface area contributed by atoms with Crippen LogP contribution in [-0.4, -0.2) is 17.6 Å². The number of rotatable bonds is 4. The van der Waals surface area contributed by atoms with Gasteiger partial charge in [0.25, 0.3) is 5.56 Å². The van der Waals surface area contributed by atoms with E-state index in [4.69, 9.17) is 4.18 Å². The van der Waals surface area contributed by atoms with Gasteiger partial charge in [-0.2, -0.15) is 8.42 Å². The summed E-state index contributed by atoms with van der Waals surface area (Å²) in [5.41, 5.74) is -0.831. The summed E-state index contributed by atoms with van der Waals surface area (Å²) in [6.07, 6.45) is 1.55. The van der Waals surface area contributed by atoms with E-state index in [1.54, 1.807) is 18.2 Å². The molecule has 0 aliphatic rings. The second-order valence-electron chi connectivity index (χ2n) is 4.75. The average molecular weight is 324 g/mol. The predicted molar refractivity (Wildman–Crippen MR) is 80.6 cm³/mol. The number of hydrogen-bond donors (Lipinski definition) is 0. The van der Waals surface area contributed by atoms with Crippen LogP contribution in [0.15, 0.2) is 44.9 Å². The highest BCUT2D eigenvalue weighted by Crippen LogP contribution is 2.22. The molecule has 7 nitrogen and oxygen atoms in total. The van der Waals surface area contributed by atoms with Gasteiger partial charge in [0.15, 0.2) is 4.90 Å². The summed E-state index contributed by atoms with van der Waals surface area (Å²) < 4.78 is 31.5. The third kappa shape index (κ3) is 2.82. The van der Waals surface area contributed by atoms with Crippen molar-refractivity contribution in [3.05, 3.63) is 56.9 Å². The quantitative estimate of drug-likeness (QED) is 0.760. The van der Waals surface area contributed by atoms with Gasteiger partial charge in [-0.05, 0) is 18.1 Å². The zero-order valence-electron chi connectivity index (χ0n) is 12.4. The molecule has 118 valence electrons. The molecular weight excluding hydrogens is 308 g/mol. The molecule has 0 saturated carbocycles. The molecule has 0 unspecified atom stereocenters. The van der Waals surface area contributed by atoms with Crippen molar-refractivity contribution in [3.8, 4) is 5.75 Å². The monoisotopic (exact) mass is 324 g/mol. The van der Waals surface area contributed by atoms with E-state index in [0.29, 0.717) is 12.0 Å². The van der Waals surface area contributed by atoms with Gasteiger partial charge in [-0.1, -0.05) is 25.1 Å². The lowest BCUT2D eigenvalue weighted by Crippen LogP contribution is -2.39. The lowest BCUT2D eigenvalue weighted by Gasteiger charge is -2.11. The van der Waals surface area contributed by atoms with Crippen molar-refractivity contribution in [2.24, 2.45) is 14.1 Å². The van der Waals surface area contributed by atoms with Gasteiger partial charge in [0.05, 0.1) is 0 Å². The van der Waals surface area contributed by atoms with E-state index in [1.807, 2.05) is 6.92 Å². The summed E-state index contributed by atoms with van der Waals surface area (Å²) in [7, 11) is -1.76. The maximum Gasteiger partial charge on any atom is 0.346 e. The highest BCUT2D eigenvalue weighted by molar-refractivity contribution is 7.87. The highest BCUT2D eigenvalue weighted by atomic mass is 32.2. The Balaban J connectivity index is 2.57. The van der Waals surface area contributed by atoms with Gasteiger partial charge in [0.1, 0.15) is 5.75 Å². The SMILES string of the molecule is CCc1ccccc1OS(=O)(=O)c1cn(C)c(=O)n(C)c1=O. The van der Waals surface area contributed by atoms with Gasteiger partial charge >= 0.3 is 15.8 Å². The fourth-order valence-electron chi connectivity index (χ4n) is 1.99. The van der Waals surface area contributed by atoms with E-state index in [1.165, 1.54) is 20.2 Å². The number of aromatic nitrogens is 2. The number of benzene rings is 1. The Morgan fingerprint density at radius 1 is 1.14 bits per heavy atom. The summed E-state index contributed by atoms with van der Waals surface area (Å²) >= 11 is 0. The molecule has 0 amide bonds. The molecule has 22 heavy (non-hydrogen) atoms. The van der Waals surface area contributed by atoms with Crippen molar-refractivity contribution >= 4 is 10.1 Å². The molecule has 1 aromatic carbocycles. The van der Waals surface area contributed by atoms with Gasteiger partial charge in [-0.3, -0.25) is 9.36 Å².